The van der Waals surface area contributed by atoms with Crippen LogP contribution in [0.25, 0.3) is 0 Å². The van der Waals surface area contributed by atoms with E-state index in [1.807, 2.05) is 18.2 Å². The van der Waals surface area contributed by atoms with Crippen molar-refractivity contribution in [2.24, 2.45) is 5.92 Å². The molecule has 3 rings (SSSR count). The number of non-ortho nitro benzene ring substituents is 1. The van der Waals surface area contributed by atoms with Crippen molar-refractivity contribution in [3.05, 3.63) is 63.7 Å². The molecule has 1 fully saturated rings. The van der Waals surface area contributed by atoms with Gasteiger partial charge in [-0.15, -0.1) is 0 Å². The molecule has 1 amide bonds. The van der Waals surface area contributed by atoms with Crippen LogP contribution in [-0.4, -0.2) is 23.9 Å². The molecule has 1 aliphatic rings. The number of benzene rings is 2. The number of nitro benzene ring substituents is 1. The van der Waals surface area contributed by atoms with Crippen molar-refractivity contribution in [3.63, 3.8) is 0 Å². The zero-order valence-corrected chi connectivity index (χ0v) is 14.3. The molecule has 0 radical (unpaired) electrons. The molecule has 0 atom stereocenters. The van der Waals surface area contributed by atoms with Crippen LogP contribution in [0.3, 0.4) is 0 Å². The lowest BCUT2D eigenvalue weighted by molar-refractivity contribution is -0.384. The van der Waals surface area contributed by atoms with Crippen molar-refractivity contribution >= 4 is 34.6 Å². The van der Waals surface area contributed by atoms with Crippen LogP contribution in [0.15, 0.2) is 48.5 Å². The van der Waals surface area contributed by atoms with E-state index in [2.05, 4.69) is 22.3 Å². The second-order valence-corrected chi connectivity index (χ2v) is 6.41. The molecule has 0 saturated carbocycles. The molecular weight excluding hydrogens is 342 g/mol. The van der Waals surface area contributed by atoms with E-state index in [4.69, 9.17) is 11.6 Å². The molecule has 130 valence electrons. The fourth-order valence-electron chi connectivity index (χ4n) is 3.00. The third-order valence-corrected chi connectivity index (χ3v) is 4.74. The molecule has 1 saturated heterocycles. The first kappa shape index (κ1) is 17.2. The first-order valence-electron chi connectivity index (χ1n) is 8.09. The molecule has 2 aromatic rings. The predicted octanol–water partition coefficient (Wildman–Crippen LogP) is 4.10. The number of hydrogen-bond acceptors (Lipinski definition) is 4. The highest BCUT2D eigenvalue weighted by Gasteiger charge is 2.26. The van der Waals surface area contributed by atoms with Crippen LogP contribution in [0.4, 0.5) is 17.1 Å². The van der Waals surface area contributed by atoms with Crippen LogP contribution in [0, 0.1) is 16.0 Å². The molecular formula is C18H18ClN3O3. The largest absolute Gasteiger partial charge is 0.371 e. The van der Waals surface area contributed by atoms with Gasteiger partial charge in [0.25, 0.3) is 5.69 Å². The molecule has 0 aromatic heterocycles. The van der Waals surface area contributed by atoms with Gasteiger partial charge in [-0.2, -0.15) is 0 Å². The maximum atomic E-state index is 12.5. The molecule has 1 N–H and O–H groups in total. The smallest absolute Gasteiger partial charge is 0.271 e. The SMILES string of the molecule is O=C(Nc1cc([N+](=O)[O-])ccc1Cl)C1CCN(c2ccccc2)CC1. The first-order valence-corrected chi connectivity index (χ1v) is 8.47. The quantitative estimate of drug-likeness (QED) is 0.658. The van der Waals surface area contributed by atoms with Crippen molar-refractivity contribution in [2.45, 2.75) is 12.8 Å². The maximum absolute atomic E-state index is 12.5. The van der Waals surface area contributed by atoms with E-state index in [0.717, 1.165) is 31.6 Å². The van der Waals surface area contributed by atoms with Crippen LogP contribution in [0.1, 0.15) is 12.8 Å². The molecule has 0 aliphatic carbocycles. The van der Waals surface area contributed by atoms with E-state index in [1.165, 1.54) is 18.2 Å². The molecule has 1 heterocycles. The van der Waals surface area contributed by atoms with E-state index in [0.29, 0.717) is 5.02 Å². The van der Waals surface area contributed by atoms with Gasteiger partial charge in [0.15, 0.2) is 0 Å². The lowest BCUT2D eigenvalue weighted by Crippen LogP contribution is -2.38. The Balaban J connectivity index is 1.62. The van der Waals surface area contributed by atoms with Crippen LogP contribution < -0.4 is 10.2 Å². The number of rotatable bonds is 4. The molecule has 0 bridgehead atoms. The minimum absolute atomic E-state index is 0.0985. The van der Waals surface area contributed by atoms with Gasteiger partial charge < -0.3 is 10.2 Å². The van der Waals surface area contributed by atoms with Gasteiger partial charge >= 0.3 is 0 Å². The summed E-state index contributed by atoms with van der Waals surface area (Å²) in [6.07, 6.45) is 1.46. The highest BCUT2D eigenvalue weighted by atomic mass is 35.5. The zero-order valence-electron chi connectivity index (χ0n) is 13.5. The molecule has 2 aromatic carbocycles. The number of piperidine rings is 1. The lowest BCUT2D eigenvalue weighted by atomic mass is 9.95. The Kier molecular flexibility index (Phi) is 5.19. The Labute approximate surface area is 150 Å². The number of para-hydroxylation sites is 1. The Morgan fingerprint density at radius 3 is 2.48 bits per heavy atom. The van der Waals surface area contributed by atoms with Gasteiger partial charge in [-0.1, -0.05) is 29.8 Å². The molecule has 7 heteroatoms. The topological polar surface area (TPSA) is 75.5 Å². The van der Waals surface area contributed by atoms with Crippen molar-refractivity contribution in [1.29, 1.82) is 0 Å². The van der Waals surface area contributed by atoms with Crippen LogP contribution in [0.2, 0.25) is 5.02 Å². The number of hydrogen-bond donors (Lipinski definition) is 1. The van der Waals surface area contributed by atoms with Crippen molar-refractivity contribution in [2.75, 3.05) is 23.3 Å². The molecule has 1 aliphatic heterocycles. The van der Waals surface area contributed by atoms with E-state index < -0.39 is 4.92 Å². The van der Waals surface area contributed by atoms with E-state index in [1.54, 1.807) is 0 Å². The summed E-state index contributed by atoms with van der Waals surface area (Å²) in [5.74, 6) is -0.273. The fraction of sp³-hybridized carbons (Fsp3) is 0.278. The summed E-state index contributed by atoms with van der Waals surface area (Å²) in [7, 11) is 0. The minimum atomic E-state index is -0.510. The number of carbonyl (C=O) groups is 1. The minimum Gasteiger partial charge on any atom is -0.371 e. The first-order chi connectivity index (χ1) is 12.0. The predicted molar refractivity (Wildman–Crippen MR) is 98.1 cm³/mol. The van der Waals surface area contributed by atoms with Gasteiger partial charge in [-0.3, -0.25) is 14.9 Å². The second-order valence-electron chi connectivity index (χ2n) is 6.01. The summed E-state index contributed by atoms with van der Waals surface area (Å²) in [5.41, 5.74) is 1.34. The molecule has 0 spiro atoms. The summed E-state index contributed by atoms with van der Waals surface area (Å²) in [5, 5.41) is 13.9. The third kappa shape index (κ3) is 4.09. The second kappa shape index (κ2) is 7.53. The number of halogens is 1. The monoisotopic (exact) mass is 359 g/mol. The lowest BCUT2D eigenvalue weighted by Gasteiger charge is -2.33. The Morgan fingerprint density at radius 1 is 1.16 bits per heavy atom. The van der Waals surface area contributed by atoms with E-state index >= 15 is 0 Å². The standard InChI is InChI=1S/C18H18ClN3O3/c19-16-7-6-15(22(24)25)12-17(16)20-18(23)13-8-10-21(11-9-13)14-4-2-1-3-5-14/h1-7,12-13H,8-11H2,(H,20,23). The zero-order chi connectivity index (χ0) is 17.8. The van der Waals surface area contributed by atoms with E-state index in [9.17, 15) is 14.9 Å². The number of carbonyl (C=O) groups excluding carboxylic acids is 1. The van der Waals surface area contributed by atoms with Crippen molar-refractivity contribution in [3.8, 4) is 0 Å². The van der Waals surface area contributed by atoms with Gasteiger partial charge in [-0.25, -0.2) is 0 Å². The highest BCUT2D eigenvalue weighted by molar-refractivity contribution is 6.33. The number of amides is 1. The van der Waals surface area contributed by atoms with Gasteiger partial charge in [0, 0.05) is 36.8 Å². The summed E-state index contributed by atoms with van der Waals surface area (Å²) in [4.78, 5) is 25.1. The average Bonchev–Trinajstić information content (AvgIpc) is 2.64. The van der Waals surface area contributed by atoms with Gasteiger partial charge in [0.05, 0.1) is 15.6 Å². The fourth-order valence-corrected chi connectivity index (χ4v) is 3.16. The average molecular weight is 360 g/mol. The maximum Gasteiger partial charge on any atom is 0.271 e. The number of nitrogens with one attached hydrogen (secondary N) is 1. The van der Waals surface area contributed by atoms with Crippen LogP contribution in [0.5, 0.6) is 0 Å². The number of nitro groups is 1. The molecule has 6 nitrogen and oxygen atoms in total. The van der Waals surface area contributed by atoms with Crippen molar-refractivity contribution in [1.82, 2.24) is 0 Å². The number of anilines is 2. The summed E-state index contributed by atoms with van der Waals surface area (Å²) < 4.78 is 0. The molecule has 0 unspecified atom stereocenters. The van der Waals surface area contributed by atoms with Gasteiger partial charge in [-0.05, 0) is 31.0 Å². The molecule has 25 heavy (non-hydrogen) atoms. The summed E-state index contributed by atoms with van der Waals surface area (Å²) in [6.45, 7) is 1.59. The van der Waals surface area contributed by atoms with Crippen LogP contribution >= 0.6 is 11.6 Å². The number of nitrogens with zero attached hydrogens (tertiary/aromatic N) is 2. The van der Waals surface area contributed by atoms with Crippen molar-refractivity contribution < 1.29 is 9.72 Å². The highest BCUT2D eigenvalue weighted by Crippen LogP contribution is 2.29. The Morgan fingerprint density at radius 2 is 1.84 bits per heavy atom. The normalized spacial score (nSPS) is 15.0. The Hall–Kier alpha value is -2.60. The summed E-state index contributed by atoms with van der Waals surface area (Å²) >= 11 is 6.04. The van der Waals surface area contributed by atoms with Gasteiger partial charge in [0.2, 0.25) is 5.91 Å². The summed E-state index contributed by atoms with van der Waals surface area (Å²) in [6, 6.07) is 14.1. The van der Waals surface area contributed by atoms with E-state index in [-0.39, 0.29) is 23.2 Å². The van der Waals surface area contributed by atoms with Crippen LogP contribution in [-0.2, 0) is 4.79 Å². The third-order valence-electron chi connectivity index (χ3n) is 4.41. The Bertz CT molecular complexity index is 774. The van der Waals surface area contributed by atoms with Gasteiger partial charge in [0.1, 0.15) is 0 Å².